The second kappa shape index (κ2) is 8.13. The van der Waals surface area contributed by atoms with E-state index in [1.807, 2.05) is 54.6 Å². The zero-order chi connectivity index (χ0) is 16.7. The van der Waals surface area contributed by atoms with E-state index >= 15 is 0 Å². The van der Waals surface area contributed by atoms with Crippen LogP contribution in [0.3, 0.4) is 0 Å². The third-order valence-electron chi connectivity index (χ3n) is 3.64. The van der Waals surface area contributed by atoms with Gasteiger partial charge in [0, 0.05) is 19.2 Å². The molecule has 0 radical (unpaired) electrons. The topological polar surface area (TPSA) is 49.4 Å². The molecule has 4 heteroatoms. The van der Waals surface area contributed by atoms with E-state index in [0.29, 0.717) is 6.54 Å². The maximum Gasteiger partial charge on any atom is 0.244 e. The summed E-state index contributed by atoms with van der Waals surface area (Å²) in [7, 11) is 0. The van der Waals surface area contributed by atoms with Gasteiger partial charge in [0.05, 0.1) is 0 Å². The fraction of sp³-hybridized carbons (Fsp3) is 0.263. The molecule has 0 bridgehead atoms. The van der Waals surface area contributed by atoms with E-state index in [-0.39, 0.29) is 18.4 Å². The normalized spacial score (nSPS) is 10.2. The summed E-state index contributed by atoms with van der Waals surface area (Å²) >= 11 is 0. The third-order valence-corrected chi connectivity index (χ3v) is 3.64. The van der Waals surface area contributed by atoms with Gasteiger partial charge in [0.15, 0.2) is 0 Å². The summed E-state index contributed by atoms with van der Waals surface area (Å²) in [6.45, 7) is 4.03. The molecule has 0 aromatic heterocycles. The van der Waals surface area contributed by atoms with Crippen LogP contribution in [0, 0.1) is 0 Å². The monoisotopic (exact) mass is 310 g/mol. The molecule has 2 amide bonds. The van der Waals surface area contributed by atoms with Crippen molar-refractivity contribution < 1.29 is 9.59 Å². The maximum absolute atomic E-state index is 12.2. The quantitative estimate of drug-likeness (QED) is 0.890. The van der Waals surface area contributed by atoms with Gasteiger partial charge in [-0.15, -0.1) is 0 Å². The molecule has 0 aliphatic heterocycles. The molecule has 0 unspecified atom stereocenters. The summed E-state index contributed by atoms with van der Waals surface area (Å²) in [6.07, 6.45) is 0.962. The van der Waals surface area contributed by atoms with Crippen molar-refractivity contribution >= 4 is 17.5 Å². The van der Waals surface area contributed by atoms with Crippen molar-refractivity contribution in [3.63, 3.8) is 0 Å². The fourth-order valence-electron chi connectivity index (χ4n) is 2.28. The van der Waals surface area contributed by atoms with Gasteiger partial charge in [-0.3, -0.25) is 9.59 Å². The standard InChI is InChI=1S/C19H22N2O2/c1-3-16-9-11-18(12-10-16)20-19(23)14-21(15(2)22)13-17-7-5-4-6-8-17/h4-12H,3,13-14H2,1-2H3,(H,20,23). The molecule has 0 saturated heterocycles. The second-order valence-corrected chi connectivity index (χ2v) is 5.46. The molecular formula is C19H22N2O2. The van der Waals surface area contributed by atoms with E-state index in [4.69, 9.17) is 0 Å². The van der Waals surface area contributed by atoms with E-state index in [1.165, 1.54) is 17.4 Å². The largest absolute Gasteiger partial charge is 0.329 e. The molecule has 0 fully saturated rings. The number of carbonyl (C=O) groups excluding carboxylic acids is 2. The first-order valence-electron chi connectivity index (χ1n) is 7.76. The minimum atomic E-state index is -0.194. The zero-order valence-corrected chi connectivity index (χ0v) is 13.6. The van der Waals surface area contributed by atoms with Crippen molar-refractivity contribution in [2.45, 2.75) is 26.8 Å². The van der Waals surface area contributed by atoms with Gasteiger partial charge in [0.2, 0.25) is 11.8 Å². The van der Waals surface area contributed by atoms with Crippen LogP contribution in [0.15, 0.2) is 54.6 Å². The number of anilines is 1. The summed E-state index contributed by atoms with van der Waals surface area (Å²) in [5, 5.41) is 2.83. The van der Waals surface area contributed by atoms with Crippen LogP contribution in [0.1, 0.15) is 25.0 Å². The number of nitrogens with one attached hydrogen (secondary N) is 1. The molecule has 0 aliphatic carbocycles. The lowest BCUT2D eigenvalue weighted by atomic mass is 10.1. The summed E-state index contributed by atoms with van der Waals surface area (Å²) in [6, 6.07) is 17.4. The highest BCUT2D eigenvalue weighted by atomic mass is 16.2. The van der Waals surface area contributed by atoms with E-state index < -0.39 is 0 Å². The molecular weight excluding hydrogens is 288 g/mol. The average Bonchev–Trinajstić information content (AvgIpc) is 2.56. The molecule has 120 valence electrons. The molecule has 2 rings (SSSR count). The molecule has 0 heterocycles. The summed E-state index contributed by atoms with van der Waals surface area (Å²) < 4.78 is 0. The summed E-state index contributed by atoms with van der Waals surface area (Å²) in [5.74, 6) is -0.314. The van der Waals surface area contributed by atoms with E-state index in [0.717, 1.165) is 17.7 Å². The van der Waals surface area contributed by atoms with Gasteiger partial charge in [0.1, 0.15) is 6.54 Å². The Morgan fingerprint density at radius 2 is 1.61 bits per heavy atom. The van der Waals surface area contributed by atoms with Crippen LogP contribution >= 0.6 is 0 Å². The Morgan fingerprint density at radius 1 is 0.957 bits per heavy atom. The summed E-state index contributed by atoms with van der Waals surface area (Å²) in [5.41, 5.74) is 2.97. The van der Waals surface area contributed by atoms with Crippen molar-refractivity contribution in [1.29, 1.82) is 0 Å². The van der Waals surface area contributed by atoms with Gasteiger partial charge in [-0.05, 0) is 29.7 Å². The molecule has 2 aromatic rings. The molecule has 0 spiro atoms. The van der Waals surface area contributed by atoms with Crippen molar-refractivity contribution in [3.05, 3.63) is 65.7 Å². The van der Waals surface area contributed by atoms with Gasteiger partial charge < -0.3 is 10.2 Å². The molecule has 0 atom stereocenters. The Bertz CT molecular complexity index is 651. The summed E-state index contributed by atoms with van der Waals surface area (Å²) in [4.78, 5) is 25.5. The smallest absolute Gasteiger partial charge is 0.244 e. The lowest BCUT2D eigenvalue weighted by molar-refractivity contribution is -0.133. The van der Waals surface area contributed by atoms with Crippen molar-refractivity contribution in [1.82, 2.24) is 4.90 Å². The number of benzene rings is 2. The average molecular weight is 310 g/mol. The predicted octanol–water partition coefficient (Wildman–Crippen LogP) is 3.24. The third kappa shape index (κ3) is 5.25. The second-order valence-electron chi connectivity index (χ2n) is 5.46. The lowest BCUT2D eigenvalue weighted by Crippen LogP contribution is -2.36. The molecule has 4 nitrogen and oxygen atoms in total. The number of nitrogens with zero attached hydrogens (tertiary/aromatic N) is 1. The van der Waals surface area contributed by atoms with Crippen LogP contribution in [0.5, 0.6) is 0 Å². The van der Waals surface area contributed by atoms with Crippen LogP contribution in [0.4, 0.5) is 5.69 Å². The first-order chi connectivity index (χ1) is 11.1. The minimum Gasteiger partial charge on any atom is -0.329 e. The Kier molecular flexibility index (Phi) is 5.92. The highest BCUT2D eigenvalue weighted by Crippen LogP contribution is 2.10. The maximum atomic E-state index is 12.2. The molecule has 23 heavy (non-hydrogen) atoms. The number of hydrogen-bond donors (Lipinski definition) is 1. The molecule has 0 saturated carbocycles. The van der Waals surface area contributed by atoms with Gasteiger partial charge in [-0.2, -0.15) is 0 Å². The highest BCUT2D eigenvalue weighted by molar-refractivity contribution is 5.94. The number of aryl methyl sites for hydroxylation is 1. The van der Waals surface area contributed by atoms with Gasteiger partial charge in [-0.25, -0.2) is 0 Å². The lowest BCUT2D eigenvalue weighted by Gasteiger charge is -2.20. The minimum absolute atomic E-state index is 0.0414. The predicted molar refractivity (Wildman–Crippen MR) is 92.0 cm³/mol. The number of carbonyl (C=O) groups is 2. The van der Waals surface area contributed by atoms with Crippen LogP contribution < -0.4 is 5.32 Å². The molecule has 0 aliphatic rings. The van der Waals surface area contributed by atoms with E-state index in [2.05, 4.69) is 12.2 Å². The fourth-order valence-corrected chi connectivity index (χ4v) is 2.28. The Morgan fingerprint density at radius 3 is 2.17 bits per heavy atom. The van der Waals surface area contributed by atoms with Crippen molar-refractivity contribution in [3.8, 4) is 0 Å². The van der Waals surface area contributed by atoms with Crippen LogP contribution in [-0.2, 0) is 22.6 Å². The van der Waals surface area contributed by atoms with E-state index in [1.54, 1.807) is 0 Å². The van der Waals surface area contributed by atoms with Gasteiger partial charge in [-0.1, -0.05) is 49.4 Å². The molecule has 2 aromatic carbocycles. The molecule has 1 N–H and O–H groups in total. The Labute approximate surface area is 137 Å². The SMILES string of the molecule is CCc1ccc(NC(=O)CN(Cc2ccccc2)C(C)=O)cc1. The Balaban J connectivity index is 1.96. The van der Waals surface area contributed by atoms with E-state index in [9.17, 15) is 9.59 Å². The Hall–Kier alpha value is -2.62. The first kappa shape index (κ1) is 16.7. The van der Waals surface area contributed by atoms with Crippen LogP contribution in [0.2, 0.25) is 0 Å². The number of rotatable bonds is 6. The van der Waals surface area contributed by atoms with Crippen LogP contribution in [-0.4, -0.2) is 23.3 Å². The van der Waals surface area contributed by atoms with Crippen molar-refractivity contribution in [2.75, 3.05) is 11.9 Å². The van der Waals surface area contributed by atoms with Gasteiger partial charge in [0.25, 0.3) is 0 Å². The van der Waals surface area contributed by atoms with Crippen molar-refractivity contribution in [2.24, 2.45) is 0 Å². The number of amides is 2. The van der Waals surface area contributed by atoms with Crippen LogP contribution in [0.25, 0.3) is 0 Å². The zero-order valence-electron chi connectivity index (χ0n) is 13.6. The van der Waals surface area contributed by atoms with Gasteiger partial charge >= 0.3 is 0 Å². The number of hydrogen-bond acceptors (Lipinski definition) is 2. The highest BCUT2D eigenvalue weighted by Gasteiger charge is 2.14. The first-order valence-corrected chi connectivity index (χ1v) is 7.76.